The van der Waals surface area contributed by atoms with Gasteiger partial charge in [0.1, 0.15) is 11.8 Å². The smallest absolute Gasteiger partial charge is 0.256 e. The monoisotopic (exact) mass is 599 g/mol. The van der Waals surface area contributed by atoms with Gasteiger partial charge in [-0.1, -0.05) is 55.5 Å². The average Bonchev–Trinajstić information content (AvgIpc) is 3.26. The van der Waals surface area contributed by atoms with Crippen LogP contribution in [0.3, 0.4) is 0 Å². The number of carbonyl (C=O) groups is 2. The normalized spacial score (nSPS) is 17.8. The van der Waals surface area contributed by atoms with Crippen molar-refractivity contribution < 1.29 is 14.3 Å². The Morgan fingerprint density at radius 3 is 2.21 bits per heavy atom. The second kappa shape index (κ2) is 15.1. The summed E-state index contributed by atoms with van der Waals surface area (Å²) >= 11 is 5.84. The van der Waals surface area contributed by atoms with E-state index in [9.17, 15) is 9.59 Å². The summed E-state index contributed by atoms with van der Waals surface area (Å²) in [5.74, 6) is 0.375. The highest BCUT2D eigenvalue weighted by Gasteiger charge is 2.43. The highest BCUT2D eigenvalue weighted by molar-refractivity contribution is 7.80. The summed E-state index contributed by atoms with van der Waals surface area (Å²) < 4.78 is 5.64. The maximum Gasteiger partial charge on any atom is 0.256 e. The molecule has 5 rings (SSSR count). The van der Waals surface area contributed by atoms with E-state index in [1.165, 1.54) is 5.56 Å². The van der Waals surface area contributed by atoms with Gasteiger partial charge in [0.05, 0.1) is 18.7 Å². The summed E-state index contributed by atoms with van der Waals surface area (Å²) in [5.41, 5.74) is 2.74. The minimum absolute atomic E-state index is 0.0224. The molecule has 0 unspecified atom stereocenters. The fourth-order valence-corrected chi connectivity index (χ4v) is 6.04. The summed E-state index contributed by atoms with van der Waals surface area (Å²) in [7, 11) is 0. The first-order valence-electron chi connectivity index (χ1n) is 15.2. The molecular weight excluding hydrogens is 558 g/mol. The van der Waals surface area contributed by atoms with Crippen molar-refractivity contribution in [1.82, 2.24) is 14.7 Å². The number of anilines is 2. The number of ether oxygens (including phenoxy) is 1. The molecule has 0 spiro atoms. The van der Waals surface area contributed by atoms with E-state index in [0.717, 1.165) is 63.5 Å². The number of thiocarbonyl (C=S) groups is 1. The van der Waals surface area contributed by atoms with Crippen LogP contribution in [-0.4, -0.2) is 83.5 Å². The molecule has 2 heterocycles. The molecular formula is C34H41N5O3S. The molecule has 0 saturated carbocycles. The van der Waals surface area contributed by atoms with Crippen molar-refractivity contribution in [2.75, 3.05) is 56.1 Å². The van der Waals surface area contributed by atoms with Crippen molar-refractivity contribution in [3.8, 4) is 5.75 Å². The van der Waals surface area contributed by atoms with E-state index < -0.39 is 6.04 Å². The number of nitrogens with one attached hydrogen (secondary N) is 1. The lowest BCUT2D eigenvalue weighted by Crippen LogP contribution is -2.47. The molecule has 3 aromatic rings. The van der Waals surface area contributed by atoms with Crippen LogP contribution in [0.1, 0.15) is 31.7 Å². The van der Waals surface area contributed by atoms with Gasteiger partial charge in [-0.2, -0.15) is 0 Å². The lowest BCUT2D eigenvalue weighted by atomic mass is 10.1. The number of hydrogen-bond donors (Lipinski definition) is 1. The third-order valence-electron chi connectivity index (χ3n) is 7.91. The van der Waals surface area contributed by atoms with Crippen LogP contribution in [-0.2, 0) is 16.1 Å². The second-order valence-electron chi connectivity index (χ2n) is 11.1. The van der Waals surface area contributed by atoms with Gasteiger partial charge in [0.15, 0.2) is 5.11 Å². The molecule has 9 heteroatoms. The molecule has 2 aliphatic rings. The predicted octanol–water partition coefficient (Wildman–Crippen LogP) is 5.01. The Labute approximate surface area is 260 Å². The predicted molar refractivity (Wildman–Crippen MR) is 175 cm³/mol. The van der Waals surface area contributed by atoms with E-state index in [2.05, 4.69) is 52.4 Å². The summed E-state index contributed by atoms with van der Waals surface area (Å²) in [5, 5.41) is 3.40. The highest BCUT2D eigenvalue weighted by Crippen LogP contribution is 2.28. The van der Waals surface area contributed by atoms with E-state index >= 15 is 0 Å². The molecule has 3 aromatic carbocycles. The Morgan fingerprint density at radius 2 is 1.53 bits per heavy atom. The van der Waals surface area contributed by atoms with Crippen molar-refractivity contribution in [3.63, 3.8) is 0 Å². The molecule has 43 heavy (non-hydrogen) atoms. The molecule has 0 radical (unpaired) electrons. The Hall–Kier alpha value is -3.79. The molecule has 2 fully saturated rings. The van der Waals surface area contributed by atoms with E-state index in [0.29, 0.717) is 24.0 Å². The summed E-state index contributed by atoms with van der Waals surface area (Å²) in [6.45, 7) is 9.31. The van der Waals surface area contributed by atoms with Crippen LogP contribution in [0.25, 0.3) is 0 Å². The number of nitrogens with zero attached hydrogens (tertiary/aromatic N) is 4. The molecule has 0 bridgehead atoms. The van der Waals surface area contributed by atoms with Gasteiger partial charge in [-0.25, -0.2) is 0 Å². The summed E-state index contributed by atoms with van der Waals surface area (Å²) in [6.07, 6.45) is 1.80. The van der Waals surface area contributed by atoms with Gasteiger partial charge >= 0.3 is 0 Å². The number of piperazine rings is 1. The fourth-order valence-electron chi connectivity index (χ4n) is 5.62. The minimum Gasteiger partial charge on any atom is -0.494 e. The van der Waals surface area contributed by atoms with Crippen LogP contribution in [0.2, 0.25) is 0 Å². The van der Waals surface area contributed by atoms with E-state index in [-0.39, 0.29) is 18.2 Å². The van der Waals surface area contributed by atoms with Crippen LogP contribution in [0.5, 0.6) is 5.75 Å². The average molecular weight is 600 g/mol. The second-order valence-corrected chi connectivity index (χ2v) is 11.4. The van der Waals surface area contributed by atoms with Gasteiger partial charge < -0.3 is 19.9 Å². The Balaban J connectivity index is 1.17. The summed E-state index contributed by atoms with van der Waals surface area (Å²) in [6, 6.07) is 26.7. The standard InChI is InChI=1S/C34H41N5O3S/c1-2-24-42-30-16-14-28(15-17-30)35-32(40)25-31-33(41)39(29-12-7-4-8-13-29)34(43)38(31)19-9-18-36-20-22-37(23-21-36)26-27-10-5-3-6-11-27/h3-8,10-17,31H,2,9,18-26H2,1H3,(H,35,40)/t31-/m1/s1. The number of rotatable bonds is 13. The molecule has 8 nitrogen and oxygen atoms in total. The maximum atomic E-state index is 13.7. The van der Waals surface area contributed by atoms with Crippen LogP contribution in [0.15, 0.2) is 84.9 Å². The van der Waals surface area contributed by atoms with Crippen LogP contribution in [0.4, 0.5) is 11.4 Å². The van der Waals surface area contributed by atoms with Crippen molar-refractivity contribution in [2.45, 2.75) is 38.8 Å². The zero-order valence-corrected chi connectivity index (χ0v) is 25.7. The van der Waals surface area contributed by atoms with Gasteiger partial charge in [0, 0.05) is 45.0 Å². The van der Waals surface area contributed by atoms with Crippen LogP contribution >= 0.6 is 12.2 Å². The Morgan fingerprint density at radius 1 is 0.884 bits per heavy atom. The number of amides is 2. The maximum absolute atomic E-state index is 13.7. The fraction of sp³-hybridized carbons (Fsp3) is 0.382. The number of benzene rings is 3. The number of hydrogen-bond acceptors (Lipinski definition) is 6. The number of para-hydroxylation sites is 1. The minimum atomic E-state index is -0.650. The van der Waals surface area contributed by atoms with Crippen LogP contribution in [0, 0.1) is 0 Å². The van der Waals surface area contributed by atoms with E-state index in [1.807, 2.05) is 59.5 Å². The van der Waals surface area contributed by atoms with Crippen molar-refractivity contribution in [2.24, 2.45) is 0 Å². The quantitative estimate of drug-likeness (QED) is 0.277. The van der Waals surface area contributed by atoms with Gasteiger partial charge in [0.25, 0.3) is 5.91 Å². The third kappa shape index (κ3) is 8.19. The molecule has 2 saturated heterocycles. The van der Waals surface area contributed by atoms with Gasteiger partial charge in [0.2, 0.25) is 5.91 Å². The van der Waals surface area contributed by atoms with E-state index in [1.54, 1.807) is 4.90 Å². The zero-order chi connectivity index (χ0) is 30.0. The van der Waals surface area contributed by atoms with E-state index in [4.69, 9.17) is 17.0 Å². The highest BCUT2D eigenvalue weighted by atomic mass is 32.1. The first-order chi connectivity index (χ1) is 21.0. The first kappa shape index (κ1) is 30.7. The lowest BCUT2D eigenvalue weighted by molar-refractivity contribution is -0.124. The molecule has 1 N–H and O–H groups in total. The Bertz CT molecular complexity index is 1350. The first-order valence-corrected chi connectivity index (χ1v) is 15.6. The van der Waals surface area contributed by atoms with Crippen molar-refractivity contribution in [1.29, 1.82) is 0 Å². The molecule has 0 aliphatic carbocycles. The molecule has 2 amide bonds. The third-order valence-corrected chi connectivity index (χ3v) is 8.33. The topological polar surface area (TPSA) is 68.4 Å². The molecule has 2 aliphatic heterocycles. The largest absolute Gasteiger partial charge is 0.494 e. The lowest BCUT2D eigenvalue weighted by Gasteiger charge is -2.35. The van der Waals surface area contributed by atoms with Crippen LogP contribution < -0.4 is 15.0 Å². The molecule has 226 valence electrons. The molecule has 0 aromatic heterocycles. The van der Waals surface area contributed by atoms with Gasteiger partial charge in [-0.05, 0) is 73.6 Å². The molecule has 1 atom stereocenters. The van der Waals surface area contributed by atoms with Gasteiger partial charge in [-0.15, -0.1) is 0 Å². The van der Waals surface area contributed by atoms with Crippen molar-refractivity contribution in [3.05, 3.63) is 90.5 Å². The Kier molecular flexibility index (Phi) is 10.8. The van der Waals surface area contributed by atoms with Crippen molar-refractivity contribution >= 4 is 40.5 Å². The number of carbonyl (C=O) groups excluding carboxylic acids is 2. The van der Waals surface area contributed by atoms with Gasteiger partial charge in [-0.3, -0.25) is 19.4 Å². The zero-order valence-electron chi connectivity index (χ0n) is 24.9. The summed E-state index contributed by atoms with van der Waals surface area (Å²) in [4.78, 5) is 35.3. The SMILES string of the molecule is CCCOc1ccc(NC(=O)C[C@@H]2C(=O)N(c3ccccc3)C(=S)N2CCCN2CCN(Cc3ccccc3)CC2)cc1.